The molecule has 0 radical (unpaired) electrons. The maximum Gasteiger partial charge on any atom is 0.389 e. The van der Waals surface area contributed by atoms with Crippen molar-refractivity contribution in [3.8, 4) is 0 Å². The van der Waals surface area contributed by atoms with Gasteiger partial charge < -0.3 is 4.90 Å². The number of piperidine rings is 1. The second kappa shape index (κ2) is 8.65. The van der Waals surface area contributed by atoms with E-state index < -0.39 is 42.6 Å². The second-order valence-electron chi connectivity index (χ2n) is 8.55. The molecule has 8 heteroatoms. The van der Waals surface area contributed by atoms with Crippen molar-refractivity contribution in [2.75, 3.05) is 24.5 Å². The first-order chi connectivity index (χ1) is 15.2. The van der Waals surface area contributed by atoms with Crippen LogP contribution in [0.25, 0.3) is 0 Å². The smallest absolute Gasteiger partial charge is 0.304 e. The number of alkyl halides is 3. The molecule has 2 aromatic rings. The maximum atomic E-state index is 14.1. The van der Waals surface area contributed by atoms with Gasteiger partial charge in [-0.1, -0.05) is 30.3 Å². The van der Waals surface area contributed by atoms with Crippen molar-refractivity contribution in [1.29, 1.82) is 0 Å². The molecular weight excluding hydrogens is 424 g/mol. The minimum Gasteiger partial charge on any atom is -0.304 e. The first-order valence-corrected chi connectivity index (χ1v) is 10.6. The zero-order chi connectivity index (χ0) is 22.9. The van der Waals surface area contributed by atoms with Gasteiger partial charge in [0.2, 0.25) is 5.91 Å². The van der Waals surface area contributed by atoms with Crippen LogP contribution in [-0.4, -0.2) is 42.4 Å². The molecule has 1 fully saturated rings. The summed E-state index contributed by atoms with van der Waals surface area (Å²) in [5, 5.41) is 0. The van der Waals surface area contributed by atoms with Crippen molar-refractivity contribution >= 4 is 17.4 Å². The van der Waals surface area contributed by atoms with Crippen molar-refractivity contribution in [2.24, 2.45) is 0 Å². The van der Waals surface area contributed by atoms with E-state index in [9.17, 15) is 27.2 Å². The minimum absolute atomic E-state index is 0.321. The Kier molecular flexibility index (Phi) is 6.07. The number of carbonyl (C=O) groups is 2. The second-order valence-corrected chi connectivity index (χ2v) is 8.55. The Morgan fingerprint density at radius 2 is 1.72 bits per heavy atom. The predicted octanol–water partition coefficient (Wildman–Crippen LogP) is 4.62. The highest BCUT2D eigenvalue weighted by Gasteiger charge is 2.52. The Hall–Kier alpha value is -2.74. The summed E-state index contributed by atoms with van der Waals surface area (Å²) in [7, 11) is 0. The van der Waals surface area contributed by atoms with Crippen LogP contribution >= 0.6 is 0 Å². The van der Waals surface area contributed by atoms with Crippen LogP contribution in [0.1, 0.15) is 36.8 Å². The number of halogens is 4. The lowest BCUT2D eigenvalue weighted by Crippen LogP contribution is -2.49. The van der Waals surface area contributed by atoms with Gasteiger partial charge in [-0.2, -0.15) is 13.2 Å². The number of carbonyl (C=O) groups excluding carboxylic acids is 2. The summed E-state index contributed by atoms with van der Waals surface area (Å²) in [6, 6.07) is 13.9. The van der Waals surface area contributed by atoms with E-state index in [-0.39, 0.29) is 5.91 Å². The fourth-order valence-corrected chi connectivity index (χ4v) is 4.72. The quantitative estimate of drug-likeness (QED) is 0.606. The van der Waals surface area contributed by atoms with Crippen molar-refractivity contribution in [1.82, 2.24) is 4.90 Å². The fourth-order valence-electron chi connectivity index (χ4n) is 4.72. The van der Waals surface area contributed by atoms with Crippen LogP contribution in [0.5, 0.6) is 0 Å². The zero-order valence-corrected chi connectivity index (χ0v) is 17.5. The Balaban J connectivity index is 1.52. The van der Waals surface area contributed by atoms with Gasteiger partial charge >= 0.3 is 6.18 Å². The average Bonchev–Trinajstić information content (AvgIpc) is 2.96. The van der Waals surface area contributed by atoms with Crippen LogP contribution in [0.4, 0.5) is 23.2 Å². The van der Waals surface area contributed by atoms with Crippen LogP contribution in [-0.2, 0) is 21.5 Å². The lowest BCUT2D eigenvalue weighted by atomic mass is 9.73. The monoisotopic (exact) mass is 448 g/mol. The van der Waals surface area contributed by atoms with E-state index in [1.807, 2.05) is 30.3 Å². The number of Topliss-reactive ketones (excluding diaryl/α,β-unsaturated/α-hetero) is 1. The molecular formula is C24H24F4N2O2. The Bertz CT molecular complexity index is 999. The van der Waals surface area contributed by atoms with Crippen LogP contribution in [0, 0.1) is 5.82 Å². The number of rotatable bonds is 6. The molecule has 4 nitrogen and oxygen atoms in total. The topological polar surface area (TPSA) is 40.6 Å². The van der Waals surface area contributed by atoms with Crippen molar-refractivity contribution in [3.05, 3.63) is 65.5 Å². The predicted molar refractivity (Wildman–Crippen MR) is 112 cm³/mol. The van der Waals surface area contributed by atoms with Crippen LogP contribution < -0.4 is 4.90 Å². The molecule has 2 aliphatic rings. The normalized spacial score (nSPS) is 18.2. The Morgan fingerprint density at radius 1 is 1.03 bits per heavy atom. The number of fused-ring (bicyclic) bond motifs is 2. The average molecular weight is 448 g/mol. The highest BCUT2D eigenvalue weighted by Crippen LogP contribution is 2.48. The highest BCUT2D eigenvalue weighted by molar-refractivity contribution is 6.11. The summed E-state index contributed by atoms with van der Waals surface area (Å²) in [6.45, 7) is 1.54. The standard InChI is InChI=1S/C24H24F4N2O2/c25-18-6-7-21-20(14-18)23(22(32)30(21)16-19(31)8-9-24(26,27)28)10-12-29(13-11-23)15-17-4-2-1-3-5-17/h1-7,14H,8-13,15-16H2. The number of hydrogen-bond donors (Lipinski definition) is 0. The molecule has 0 unspecified atom stereocenters. The lowest BCUT2D eigenvalue weighted by molar-refractivity contribution is -0.142. The number of benzene rings is 2. The number of likely N-dealkylation sites (tertiary alicyclic amines) is 1. The third-order valence-electron chi connectivity index (χ3n) is 6.40. The molecule has 2 aromatic carbocycles. The van der Waals surface area contributed by atoms with Crippen molar-refractivity contribution < 1.29 is 27.2 Å². The molecule has 4 rings (SSSR count). The number of amides is 1. The summed E-state index contributed by atoms with van der Waals surface area (Å²) < 4.78 is 51.6. The molecule has 0 atom stereocenters. The maximum absolute atomic E-state index is 14.1. The number of nitrogens with zero attached hydrogens (tertiary/aromatic N) is 2. The zero-order valence-electron chi connectivity index (χ0n) is 17.5. The molecule has 0 aromatic heterocycles. The molecule has 0 saturated carbocycles. The van der Waals surface area contributed by atoms with E-state index in [1.54, 1.807) is 0 Å². The van der Waals surface area contributed by atoms with E-state index >= 15 is 0 Å². The van der Waals surface area contributed by atoms with Crippen molar-refractivity contribution in [2.45, 2.75) is 43.8 Å². The summed E-state index contributed by atoms with van der Waals surface area (Å²) in [5.74, 6) is -1.46. The van der Waals surface area contributed by atoms with Gasteiger partial charge in [-0.15, -0.1) is 0 Å². The van der Waals surface area contributed by atoms with Gasteiger partial charge in [0, 0.05) is 18.7 Å². The summed E-state index contributed by atoms with van der Waals surface area (Å²) in [6.07, 6.45) is -5.41. The SMILES string of the molecule is O=C(CCC(F)(F)F)CN1C(=O)C2(CCN(Cc3ccccc3)CC2)c2cc(F)ccc21. The first kappa shape index (κ1) is 22.5. The summed E-state index contributed by atoms with van der Waals surface area (Å²) in [4.78, 5) is 29.2. The third kappa shape index (κ3) is 4.55. The number of anilines is 1. The van der Waals surface area contributed by atoms with Crippen molar-refractivity contribution in [3.63, 3.8) is 0 Å². The molecule has 0 N–H and O–H groups in total. The number of ketones is 1. The third-order valence-corrected chi connectivity index (χ3v) is 6.40. The summed E-state index contributed by atoms with van der Waals surface area (Å²) in [5.41, 5.74) is 1.16. The molecule has 170 valence electrons. The van der Waals surface area contributed by atoms with Gasteiger partial charge in [0.25, 0.3) is 0 Å². The molecule has 2 heterocycles. The van der Waals surface area contributed by atoms with Crippen LogP contribution in [0.15, 0.2) is 48.5 Å². The minimum atomic E-state index is -4.43. The number of hydrogen-bond acceptors (Lipinski definition) is 3. The van der Waals surface area contributed by atoms with Gasteiger partial charge in [0.05, 0.1) is 18.4 Å². The molecule has 1 saturated heterocycles. The largest absolute Gasteiger partial charge is 0.389 e. The first-order valence-electron chi connectivity index (χ1n) is 10.6. The van der Waals surface area contributed by atoms with Gasteiger partial charge in [-0.05, 0) is 55.3 Å². The van der Waals surface area contributed by atoms with E-state index in [2.05, 4.69) is 4.90 Å². The van der Waals surface area contributed by atoms with Gasteiger partial charge in [-0.25, -0.2) is 4.39 Å². The molecule has 2 aliphatic heterocycles. The van der Waals surface area contributed by atoms with E-state index in [0.717, 1.165) is 12.1 Å². The Labute approximate surface area is 183 Å². The van der Waals surface area contributed by atoms with Crippen LogP contribution in [0.2, 0.25) is 0 Å². The molecule has 32 heavy (non-hydrogen) atoms. The fraction of sp³-hybridized carbons (Fsp3) is 0.417. The van der Waals surface area contributed by atoms with E-state index in [1.165, 1.54) is 23.1 Å². The molecule has 0 bridgehead atoms. The van der Waals surface area contributed by atoms with Gasteiger partial charge in [0.1, 0.15) is 5.82 Å². The molecule has 0 aliphatic carbocycles. The van der Waals surface area contributed by atoms with E-state index in [0.29, 0.717) is 37.2 Å². The van der Waals surface area contributed by atoms with Crippen LogP contribution in [0.3, 0.4) is 0 Å². The molecule has 1 spiro atoms. The lowest BCUT2D eigenvalue weighted by Gasteiger charge is -2.38. The van der Waals surface area contributed by atoms with Gasteiger partial charge in [-0.3, -0.25) is 14.5 Å². The Morgan fingerprint density at radius 3 is 2.38 bits per heavy atom. The molecule has 1 amide bonds. The van der Waals surface area contributed by atoms with Gasteiger partial charge in [0.15, 0.2) is 5.78 Å². The van der Waals surface area contributed by atoms with E-state index in [4.69, 9.17) is 0 Å². The highest BCUT2D eigenvalue weighted by atomic mass is 19.4. The summed E-state index contributed by atoms with van der Waals surface area (Å²) >= 11 is 0.